The van der Waals surface area contributed by atoms with E-state index < -0.39 is 17.6 Å². The van der Waals surface area contributed by atoms with Crippen LogP contribution in [0.3, 0.4) is 0 Å². The van der Waals surface area contributed by atoms with Crippen LogP contribution in [0.25, 0.3) is 0 Å². The molecular formula is C26H30N2O7. The Morgan fingerprint density at radius 2 is 1.74 bits per heavy atom. The number of benzene rings is 2. The Morgan fingerprint density at radius 1 is 0.971 bits per heavy atom. The molecule has 3 aliphatic rings. The maximum Gasteiger partial charge on any atom is 0.257 e. The van der Waals surface area contributed by atoms with Crippen molar-refractivity contribution >= 4 is 11.8 Å². The molecular weight excluding hydrogens is 452 g/mol. The van der Waals surface area contributed by atoms with Gasteiger partial charge in [0.15, 0.2) is 18.1 Å². The lowest BCUT2D eigenvalue weighted by Gasteiger charge is -2.43. The monoisotopic (exact) mass is 482 g/mol. The highest BCUT2D eigenvalue weighted by atomic mass is 16.7. The topological polar surface area (TPSA) is 118 Å². The fraction of sp³-hybridized carbons (Fsp3) is 0.462. The van der Waals surface area contributed by atoms with Gasteiger partial charge in [0.05, 0.1) is 12.2 Å². The minimum atomic E-state index is -0.976. The van der Waals surface area contributed by atoms with Gasteiger partial charge < -0.3 is 34.6 Å². The van der Waals surface area contributed by atoms with Crippen molar-refractivity contribution in [3.8, 4) is 17.2 Å². The summed E-state index contributed by atoms with van der Waals surface area (Å²) < 4.78 is 16.4. The first kappa shape index (κ1) is 23.4. The van der Waals surface area contributed by atoms with Crippen LogP contribution in [0, 0.1) is 5.41 Å². The molecule has 186 valence electrons. The van der Waals surface area contributed by atoms with Crippen molar-refractivity contribution in [2.45, 2.75) is 37.9 Å². The number of hydrogen-bond acceptors (Lipinski definition) is 7. The second-order valence-corrected chi connectivity index (χ2v) is 9.58. The molecule has 1 fully saturated rings. The Balaban J connectivity index is 1.29. The van der Waals surface area contributed by atoms with Crippen molar-refractivity contribution in [1.82, 2.24) is 10.2 Å². The second kappa shape index (κ2) is 9.75. The van der Waals surface area contributed by atoms with Crippen molar-refractivity contribution < 1.29 is 34.0 Å². The molecule has 5 rings (SSSR count). The van der Waals surface area contributed by atoms with Crippen LogP contribution in [0.4, 0.5) is 0 Å². The molecule has 0 bridgehead atoms. The van der Waals surface area contributed by atoms with Crippen molar-refractivity contribution in [3.63, 3.8) is 0 Å². The summed E-state index contributed by atoms with van der Waals surface area (Å²) in [5.74, 6) is 1.38. The van der Waals surface area contributed by atoms with Gasteiger partial charge >= 0.3 is 0 Å². The molecule has 3 N–H and O–H groups in total. The van der Waals surface area contributed by atoms with E-state index in [4.69, 9.17) is 14.2 Å². The summed E-state index contributed by atoms with van der Waals surface area (Å²) in [6, 6.07) is 12.4. The van der Waals surface area contributed by atoms with Crippen LogP contribution in [-0.2, 0) is 11.2 Å². The van der Waals surface area contributed by atoms with Crippen LogP contribution in [-0.4, -0.2) is 72.2 Å². The molecule has 0 aromatic heterocycles. The van der Waals surface area contributed by atoms with Crippen LogP contribution < -0.4 is 19.5 Å². The lowest BCUT2D eigenvalue weighted by molar-refractivity contribution is -0.124. The lowest BCUT2D eigenvalue weighted by atomic mass is 9.73. The van der Waals surface area contributed by atoms with E-state index >= 15 is 0 Å². The predicted octanol–water partition coefficient (Wildman–Crippen LogP) is 1.50. The highest BCUT2D eigenvalue weighted by molar-refractivity contribution is 5.95. The first-order chi connectivity index (χ1) is 16.9. The molecule has 2 atom stereocenters. The first-order valence-corrected chi connectivity index (χ1v) is 11.9. The molecule has 0 aliphatic carbocycles. The molecule has 3 aliphatic heterocycles. The summed E-state index contributed by atoms with van der Waals surface area (Å²) in [6.45, 7) is 1.32. The molecule has 0 unspecified atom stereocenters. The summed E-state index contributed by atoms with van der Waals surface area (Å²) in [5.41, 5.74) is 0.828. The Kier molecular flexibility index (Phi) is 6.53. The van der Waals surface area contributed by atoms with E-state index in [1.165, 1.54) is 0 Å². The predicted molar refractivity (Wildman–Crippen MR) is 125 cm³/mol. The molecule has 9 nitrogen and oxygen atoms in total. The Hall–Kier alpha value is -3.30. The number of rotatable bonds is 1. The average Bonchev–Trinajstić information content (AvgIpc) is 3.34. The van der Waals surface area contributed by atoms with Crippen LogP contribution >= 0.6 is 0 Å². The average molecular weight is 483 g/mol. The lowest BCUT2D eigenvalue weighted by Crippen LogP contribution is -2.51. The number of carbonyl (C=O) groups excluding carboxylic acids is 2. The van der Waals surface area contributed by atoms with Gasteiger partial charge in [-0.15, -0.1) is 0 Å². The smallest absolute Gasteiger partial charge is 0.257 e. The van der Waals surface area contributed by atoms with Gasteiger partial charge in [-0.2, -0.15) is 0 Å². The van der Waals surface area contributed by atoms with E-state index in [0.717, 1.165) is 5.56 Å². The van der Waals surface area contributed by atoms with E-state index in [1.54, 1.807) is 35.2 Å². The molecule has 0 radical (unpaired) electrons. The molecule has 0 saturated carbocycles. The molecule has 1 saturated heterocycles. The van der Waals surface area contributed by atoms with Crippen LogP contribution in [0.15, 0.2) is 42.5 Å². The zero-order chi connectivity index (χ0) is 24.4. The summed E-state index contributed by atoms with van der Waals surface area (Å²) in [4.78, 5) is 27.4. The van der Waals surface area contributed by atoms with Gasteiger partial charge in [0.1, 0.15) is 5.75 Å². The van der Waals surface area contributed by atoms with Crippen molar-refractivity contribution in [2.75, 3.05) is 33.0 Å². The van der Waals surface area contributed by atoms with Gasteiger partial charge in [-0.25, -0.2) is 0 Å². The fourth-order valence-corrected chi connectivity index (χ4v) is 5.08. The number of amides is 2. The molecule has 1 spiro atoms. The van der Waals surface area contributed by atoms with Crippen molar-refractivity contribution in [1.29, 1.82) is 0 Å². The normalized spacial score (nSPS) is 23.9. The van der Waals surface area contributed by atoms with E-state index in [0.29, 0.717) is 61.7 Å². The van der Waals surface area contributed by atoms with E-state index in [9.17, 15) is 19.8 Å². The van der Waals surface area contributed by atoms with Gasteiger partial charge in [-0.05, 0) is 54.5 Å². The molecule has 2 aromatic carbocycles. The number of ether oxygens (including phenoxy) is 3. The van der Waals surface area contributed by atoms with Gasteiger partial charge in [0.2, 0.25) is 6.79 Å². The van der Waals surface area contributed by atoms with Gasteiger partial charge in [0.25, 0.3) is 11.8 Å². The van der Waals surface area contributed by atoms with E-state index in [2.05, 4.69) is 5.32 Å². The van der Waals surface area contributed by atoms with E-state index in [1.807, 2.05) is 12.1 Å². The Labute approximate surface area is 203 Å². The van der Waals surface area contributed by atoms with Crippen LogP contribution in [0.2, 0.25) is 0 Å². The third-order valence-electron chi connectivity index (χ3n) is 7.24. The van der Waals surface area contributed by atoms with Crippen LogP contribution in [0.1, 0.15) is 35.2 Å². The molecule has 35 heavy (non-hydrogen) atoms. The number of likely N-dealkylation sites (tertiary alicyclic amines) is 1. The largest absolute Gasteiger partial charge is 0.483 e. The minimum absolute atomic E-state index is 0.0964. The maximum atomic E-state index is 13.1. The fourth-order valence-electron chi connectivity index (χ4n) is 5.08. The van der Waals surface area contributed by atoms with E-state index in [-0.39, 0.29) is 31.6 Å². The third kappa shape index (κ3) is 5.06. The molecule has 2 amide bonds. The first-order valence-electron chi connectivity index (χ1n) is 11.9. The number of fused-ring (bicyclic) bond motifs is 2. The van der Waals surface area contributed by atoms with Gasteiger partial charge in [0, 0.05) is 31.6 Å². The summed E-state index contributed by atoms with van der Waals surface area (Å²) in [7, 11) is 0. The number of nitrogens with one attached hydrogen (secondary N) is 1. The minimum Gasteiger partial charge on any atom is -0.483 e. The highest BCUT2D eigenvalue weighted by Gasteiger charge is 2.40. The molecule has 2 aromatic rings. The Bertz CT molecular complexity index is 1100. The quantitative estimate of drug-likeness (QED) is 0.564. The highest BCUT2D eigenvalue weighted by Crippen LogP contribution is 2.38. The van der Waals surface area contributed by atoms with Crippen molar-refractivity contribution in [3.05, 3.63) is 53.6 Å². The number of piperidine rings is 1. The maximum absolute atomic E-state index is 13.1. The number of aliphatic hydroxyl groups excluding tert-OH is 2. The summed E-state index contributed by atoms with van der Waals surface area (Å²) in [5, 5.41) is 24.6. The molecule has 3 heterocycles. The third-order valence-corrected chi connectivity index (χ3v) is 7.24. The molecule has 9 heteroatoms. The summed E-state index contributed by atoms with van der Waals surface area (Å²) in [6.07, 6.45) is -0.223. The standard InChI is InChI=1S/C26H30N2O7/c29-19-11-17-3-1-2-4-21(17)33-14-24(31)27-15-26(13-20(19)30)7-9-28(10-8-26)25(32)18-5-6-22-23(12-18)35-16-34-22/h1-6,12,19-20,29-30H,7-11,13-16H2,(H,27,31)/t19-,20+/m0/s1. The Morgan fingerprint density at radius 3 is 2.57 bits per heavy atom. The number of carbonyl (C=O) groups is 2. The number of para-hydroxylation sites is 1. The number of aliphatic hydroxyl groups is 2. The number of hydrogen-bond donors (Lipinski definition) is 3. The second-order valence-electron chi connectivity index (χ2n) is 9.58. The van der Waals surface area contributed by atoms with Gasteiger partial charge in [-0.3, -0.25) is 9.59 Å². The van der Waals surface area contributed by atoms with Crippen LogP contribution in [0.5, 0.6) is 17.2 Å². The van der Waals surface area contributed by atoms with Gasteiger partial charge in [-0.1, -0.05) is 18.2 Å². The summed E-state index contributed by atoms with van der Waals surface area (Å²) >= 11 is 0. The SMILES string of the molecule is O=C1COc2ccccc2C[C@H](O)[C@H](O)CC2(CCN(C(=O)c3ccc4c(c3)OCO4)CC2)CN1. The zero-order valence-electron chi connectivity index (χ0n) is 19.4. The number of nitrogens with zero attached hydrogens (tertiary/aromatic N) is 1. The zero-order valence-corrected chi connectivity index (χ0v) is 19.4. The van der Waals surface area contributed by atoms with Crippen molar-refractivity contribution in [2.24, 2.45) is 5.41 Å².